The first kappa shape index (κ1) is 16.8. The molecule has 1 saturated heterocycles. The summed E-state index contributed by atoms with van der Waals surface area (Å²) in [4.78, 5) is 35.4. The van der Waals surface area contributed by atoms with E-state index < -0.39 is 30.4 Å². The molecule has 1 fully saturated rings. The summed E-state index contributed by atoms with van der Waals surface area (Å²) in [5.74, 6) is -1.49. The van der Waals surface area contributed by atoms with Crippen molar-refractivity contribution in [2.24, 2.45) is 0 Å². The minimum atomic E-state index is -1.81. The molecule has 0 saturated carbocycles. The number of benzene rings is 1. The summed E-state index contributed by atoms with van der Waals surface area (Å²) >= 11 is 0. The predicted molar refractivity (Wildman–Crippen MR) is 79.1 cm³/mol. The van der Waals surface area contributed by atoms with Crippen molar-refractivity contribution in [2.45, 2.75) is 38.5 Å². The van der Waals surface area contributed by atoms with Crippen LogP contribution in [0.2, 0.25) is 0 Å². The maximum atomic E-state index is 12.0. The van der Waals surface area contributed by atoms with Crippen LogP contribution >= 0.6 is 0 Å². The fourth-order valence-electron chi connectivity index (χ4n) is 2.15. The Hall–Kier alpha value is -2.57. The van der Waals surface area contributed by atoms with Gasteiger partial charge in [0.15, 0.2) is 6.61 Å². The van der Waals surface area contributed by atoms with Crippen LogP contribution < -0.4 is 5.32 Å². The zero-order valence-corrected chi connectivity index (χ0v) is 12.9. The van der Waals surface area contributed by atoms with Gasteiger partial charge in [-0.3, -0.25) is 5.32 Å². The molecule has 1 atom stereocenters. The summed E-state index contributed by atoms with van der Waals surface area (Å²) in [6, 6.07) is 9.09. The van der Waals surface area contributed by atoms with Gasteiger partial charge in [0, 0.05) is 6.42 Å². The smallest absolute Gasteiger partial charge is 0.411 e. The lowest BCUT2D eigenvalue weighted by Crippen LogP contribution is -2.61. The van der Waals surface area contributed by atoms with Crippen LogP contribution in [0.3, 0.4) is 0 Å². The van der Waals surface area contributed by atoms with Crippen LogP contribution in [0.5, 0.6) is 0 Å². The molecule has 1 amide bonds. The average molecular weight is 321 g/mol. The third-order valence-electron chi connectivity index (χ3n) is 3.34. The van der Waals surface area contributed by atoms with E-state index in [1.807, 2.05) is 25.1 Å². The van der Waals surface area contributed by atoms with Crippen molar-refractivity contribution in [1.82, 2.24) is 5.32 Å². The summed E-state index contributed by atoms with van der Waals surface area (Å²) in [6.07, 6.45) is 0.611. The normalized spacial score (nSPS) is 20.4. The highest BCUT2D eigenvalue weighted by atomic mass is 16.7. The van der Waals surface area contributed by atoms with Crippen molar-refractivity contribution >= 4 is 18.0 Å². The molecule has 7 nitrogen and oxygen atoms in total. The molecule has 1 aromatic rings. The number of hydrogen-bond donors (Lipinski definition) is 1. The molecule has 0 spiro atoms. The number of carbonyl (C=O) groups is 3. The zero-order valence-electron chi connectivity index (χ0n) is 12.9. The fourth-order valence-corrected chi connectivity index (χ4v) is 2.15. The van der Waals surface area contributed by atoms with E-state index in [0.717, 1.165) is 12.0 Å². The number of amides is 1. The first-order valence-corrected chi connectivity index (χ1v) is 7.43. The largest absolute Gasteiger partial charge is 0.449 e. The second-order valence-electron chi connectivity index (χ2n) is 5.17. The van der Waals surface area contributed by atoms with Crippen LogP contribution in [-0.2, 0) is 30.4 Å². The van der Waals surface area contributed by atoms with Gasteiger partial charge >= 0.3 is 18.0 Å². The van der Waals surface area contributed by atoms with Crippen LogP contribution in [0.4, 0.5) is 4.79 Å². The Morgan fingerprint density at radius 2 is 2.04 bits per heavy atom. The summed E-state index contributed by atoms with van der Waals surface area (Å²) < 4.78 is 14.9. The number of ether oxygens (including phenoxy) is 3. The lowest BCUT2D eigenvalue weighted by Gasteiger charge is -2.34. The monoisotopic (exact) mass is 321 g/mol. The standard InChI is InChI=1S/C16H19NO6/c1-2-3-9-16(14(19)21-11-13(18)23-16)17-15(20)22-10-12-7-5-4-6-8-12/h4-8H,2-3,9-11H2,1H3,(H,17,20). The molecule has 124 valence electrons. The van der Waals surface area contributed by atoms with Crippen molar-refractivity contribution in [3.63, 3.8) is 0 Å². The van der Waals surface area contributed by atoms with E-state index in [1.165, 1.54) is 0 Å². The molecule has 0 radical (unpaired) electrons. The third kappa shape index (κ3) is 4.45. The molecule has 1 aliphatic heterocycles. The summed E-state index contributed by atoms with van der Waals surface area (Å²) in [5, 5.41) is 2.34. The number of nitrogens with one attached hydrogen (secondary N) is 1. The highest BCUT2D eigenvalue weighted by Crippen LogP contribution is 2.22. The van der Waals surface area contributed by atoms with Gasteiger partial charge in [-0.2, -0.15) is 0 Å². The zero-order chi connectivity index (χ0) is 16.7. The Balaban J connectivity index is 2.00. The van der Waals surface area contributed by atoms with E-state index in [0.29, 0.717) is 6.42 Å². The number of carbonyl (C=O) groups excluding carboxylic acids is 3. The minimum Gasteiger partial charge on any atom is -0.449 e. The van der Waals surface area contributed by atoms with E-state index in [1.54, 1.807) is 12.1 Å². The summed E-state index contributed by atoms with van der Waals surface area (Å²) in [6.45, 7) is 1.50. The quantitative estimate of drug-likeness (QED) is 0.635. The number of rotatable bonds is 6. The number of cyclic esters (lactones) is 2. The van der Waals surface area contributed by atoms with Gasteiger partial charge in [0.25, 0.3) is 5.72 Å². The number of hydrogen-bond acceptors (Lipinski definition) is 6. The second kappa shape index (κ2) is 7.62. The molecule has 1 unspecified atom stereocenters. The third-order valence-corrected chi connectivity index (χ3v) is 3.34. The Labute approximate surface area is 133 Å². The molecule has 7 heteroatoms. The molecule has 1 N–H and O–H groups in total. The summed E-state index contributed by atoms with van der Waals surface area (Å²) in [5.41, 5.74) is -1.01. The van der Waals surface area contributed by atoms with Crippen LogP contribution in [0.1, 0.15) is 31.7 Å². The van der Waals surface area contributed by atoms with Gasteiger partial charge in [0.2, 0.25) is 0 Å². The van der Waals surface area contributed by atoms with Gasteiger partial charge in [-0.15, -0.1) is 0 Å². The first-order valence-electron chi connectivity index (χ1n) is 7.43. The van der Waals surface area contributed by atoms with Gasteiger partial charge in [-0.05, 0) is 12.0 Å². The van der Waals surface area contributed by atoms with Gasteiger partial charge < -0.3 is 14.2 Å². The highest BCUT2D eigenvalue weighted by Gasteiger charge is 2.49. The summed E-state index contributed by atoms with van der Waals surface area (Å²) in [7, 11) is 0. The topological polar surface area (TPSA) is 90.9 Å². The van der Waals surface area contributed by atoms with E-state index in [-0.39, 0.29) is 13.0 Å². The van der Waals surface area contributed by atoms with E-state index >= 15 is 0 Å². The lowest BCUT2D eigenvalue weighted by molar-refractivity contribution is -0.205. The van der Waals surface area contributed by atoms with Crippen molar-refractivity contribution in [3.05, 3.63) is 35.9 Å². The van der Waals surface area contributed by atoms with Crippen LogP contribution in [0, 0.1) is 0 Å². The molecular weight excluding hydrogens is 302 g/mol. The molecule has 23 heavy (non-hydrogen) atoms. The van der Waals surface area contributed by atoms with Crippen LogP contribution in [0.25, 0.3) is 0 Å². The predicted octanol–water partition coefficient (Wildman–Crippen LogP) is 1.90. The van der Waals surface area contributed by atoms with Crippen molar-refractivity contribution in [2.75, 3.05) is 6.61 Å². The van der Waals surface area contributed by atoms with Crippen molar-refractivity contribution < 1.29 is 28.6 Å². The van der Waals surface area contributed by atoms with E-state index in [9.17, 15) is 14.4 Å². The average Bonchev–Trinajstić information content (AvgIpc) is 2.56. The van der Waals surface area contributed by atoms with Gasteiger partial charge in [-0.25, -0.2) is 14.4 Å². The SMILES string of the molecule is CCCCC1(NC(=O)OCc2ccccc2)OC(=O)COC1=O. The molecule has 0 aromatic heterocycles. The maximum Gasteiger partial charge on any atom is 0.411 e. The minimum absolute atomic E-state index is 0.0412. The highest BCUT2D eigenvalue weighted by molar-refractivity contribution is 5.91. The van der Waals surface area contributed by atoms with Gasteiger partial charge in [-0.1, -0.05) is 43.7 Å². The molecule has 0 aliphatic carbocycles. The van der Waals surface area contributed by atoms with Gasteiger partial charge in [0.1, 0.15) is 6.61 Å². The molecule has 1 heterocycles. The van der Waals surface area contributed by atoms with E-state index in [4.69, 9.17) is 14.2 Å². The Morgan fingerprint density at radius 3 is 2.74 bits per heavy atom. The Kier molecular flexibility index (Phi) is 5.56. The van der Waals surface area contributed by atoms with Crippen LogP contribution in [-0.4, -0.2) is 30.4 Å². The van der Waals surface area contributed by atoms with Crippen molar-refractivity contribution in [3.8, 4) is 0 Å². The molecular formula is C16H19NO6. The Morgan fingerprint density at radius 1 is 1.30 bits per heavy atom. The fraction of sp³-hybridized carbons (Fsp3) is 0.438. The Bertz CT molecular complexity index is 573. The first-order chi connectivity index (χ1) is 11.1. The lowest BCUT2D eigenvalue weighted by atomic mass is 10.1. The van der Waals surface area contributed by atoms with E-state index in [2.05, 4.69) is 5.32 Å². The number of unbranched alkanes of at least 4 members (excludes halogenated alkanes) is 1. The molecule has 1 aliphatic rings. The van der Waals surface area contributed by atoms with Crippen molar-refractivity contribution in [1.29, 1.82) is 0 Å². The van der Waals surface area contributed by atoms with Gasteiger partial charge in [0.05, 0.1) is 0 Å². The van der Waals surface area contributed by atoms with Crippen LogP contribution in [0.15, 0.2) is 30.3 Å². The maximum absolute atomic E-state index is 12.0. The number of alkyl carbamates (subject to hydrolysis) is 1. The second-order valence-corrected chi connectivity index (χ2v) is 5.17. The number of esters is 2. The molecule has 2 rings (SSSR count). The molecule has 1 aromatic carbocycles. The molecule has 0 bridgehead atoms.